The molecule has 2 aromatic carbocycles. The molecular formula is C18H18ClN3O4. The summed E-state index contributed by atoms with van der Waals surface area (Å²) in [7, 11) is 1.63. The van der Waals surface area contributed by atoms with Gasteiger partial charge in [0.2, 0.25) is 0 Å². The van der Waals surface area contributed by atoms with Crippen LogP contribution < -0.4 is 9.64 Å². The summed E-state index contributed by atoms with van der Waals surface area (Å²) in [5.74, 6) is 0.592. The van der Waals surface area contributed by atoms with Crippen molar-refractivity contribution in [1.29, 1.82) is 0 Å². The summed E-state index contributed by atoms with van der Waals surface area (Å²) in [5.41, 5.74) is 1.23. The minimum absolute atomic E-state index is 0.0989. The molecule has 1 saturated heterocycles. The first-order chi connectivity index (χ1) is 12.5. The van der Waals surface area contributed by atoms with E-state index < -0.39 is 4.92 Å². The van der Waals surface area contributed by atoms with Crippen LogP contribution in [0, 0.1) is 10.1 Å². The van der Waals surface area contributed by atoms with Crippen LogP contribution in [0.1, 0.15) is 10.4 Å². The van der Waals surface area contributed by atoms with Gasteiger partial charge in [-0.2, -0.15) is 0 Å². The van der Waals surface area contributed by atoms with Crippen LogP contribution in [-0.4, -0.2) is 49.0 Å². The SMILES string of the molecule is COc1ccc(N2CCN(C(=O)c3ccc([N+](=O)[O-])cc3Cl)CC2)cc1. The van der Waals surface area contributed by atoms with Crippen molar-refractivity contribution in [3.8, 4) is 5.75 Å². The molecule has 0 aromatic heterocycles. The number of benzene rings is 2. The van der Waals surface area contributed by atoms with Gasteiger partial charge in [-0.25, -0.2) is 0 Å². The molecule has 136 valence electrons. The van der Waals surface area contributed by atoms with E-state index in [2.05, 4.69) is 4.90 Å². The number of nitro groups is 1. The molecular weight excluding hydrogens is 358 g/mol. The van der Waals surface area contributed by atoms with Crippen molar-refractivity contribution in [2.45, 2.75) is 0 Å². The summed E-state index contributed by atoms with van der Waals surface area (Å²) >= 11 is 6.07. The lowest BCUT2D eigenvalue weighted by Crippen LogP contribution is -2.48. The van der Waals surface area contributed by atoms with Gasteiger partial charge in [-0.1, -0.05) is 11.6 Å². The van der Waals surface area contributed by atoms with Gasteiger partial charge < -0.3 is 14.5 Å². The summed E-state index contributed by atoms with van der Waals surface area (Å²) in [6, 6.07) is 11.7. The summed E-state index contributed by atoms with van der Waals surface area (Å²) in [4.78, 5) is 26.8. The monoisotopic (exact) mass is 375 g/mol. The molecule has 26 heavy (non-hydrogen) atoms. The van der Waals surface area contributed by atoms with Crippen LogP contribution in [0.3, 0.4) is 0 Å². The minimum atomic E-state index is -0.534. The number of nitrogens with zero attached hydrogens (tertiary/aromatic N) is 3. The Balaban J connectivity index is 1.65. The van der Waals surface area contributed by atoms with E-state index in [1.807, 2.05) is 24.3 Å². The quantitative estimate of drug-likeness (QED) is 0.605. The van der Waals surface area contributed by atoms with Crippen molar-refractivity contribution < 1.29 is 14.5 Å². The summed E-state index contributed by atoms with van der Waals surface area (Å²) in [6.45, 7) is 2.50. The van der Waals surface area contributed by atoms with Crippen molar-refractivity contribution in [1.82, 2.24) is 4.90 Å². The highest BCUT2D eigenvalue weighted by molar-refractivity contribution is 6.34. The van der Waals surface area contributed by atoms with Crippen molar-refractivity contribution in [3.63, 3.8) is 0 Å². The van der Waals surface area contributed by atoms with Crippen LogP contribution >= 0.6 is 11.6 Å². The number of hydrogen-bond acceptors (Lipinski definition) is 5. The fourth-order valence-corrected chi connectivity index (χ4v) is 3.18. The van der Waals surface area contributed by atoms with Gasteiger partial charge in [0.25, 0.3) is 11.6 Å². The molecule has 1 heterocycles. The number of ether oxygens (including phenoxy) is 1. The second-order valence-electron chi connectivity index (χ2n) is 5.90. The normalized spacial score (nSPS) is 14.2. The third-order valence-electron chi connectivity index (χ3n) is 4.40. The first kappa shape index (κ1) is 18.0. The molecule has 0 spiro atoms. The maximum atomic E-state index is 12.7. The highest BCUT2D eigenvalue weighted by Crippen LogP contribution is 2.25. The molecule has 0 bridgehead atoms. The number of halogens is 1. The second-order valence-corrected chi connectivity index (χ2v) is 6.31. The standard InChI is InChI=1S/C18H18ClN3O4/c1-26-15-5-2-13(3-6-15)20-8-10-21(11-9-20)18(23)16-7-4-14(22(24)25)12-17(16)19/h2-7,12H,8-11H2,1H3. The Kier molecular flexibility index (Phi) is 5.27. The second kappa shape index (κ2) is 7.61. The molecule has 0 saturated carbocycles. The van der Waals surface area contributed by atoms with Gasteiger partial charge in [-0.15, -0.1) is 0 Å². The summed E-state index contributed by atoms with van der Waals surface area (Å²) in [6.07, 6.45) is 0. The molecule has 0 radical (unpaired) electrons. The zero-order valence-electron chi connectivity index (χ0n) is 14.2. The number of hydrogen-bond donors (Lipinski definition) is 0. The fourth-order valence-electron chi connectivity index (χ4n) is 2.92. The predicted molar refractivity (Wildman–Crippen MR) is 99.2 cm³/mol. The average Bonchev–Trinajstić information content (AvgIpc) is 2.67. The van der Waals surface area contributed by atoms with Gasteiger partial charge in [-0.3, -0.25) is 14.9 Å². The zero-order chi connectivity index (χ0) is 18.7. The minimum Gasteiger partial charge on any atom is -0.497 e. The van der Waals surface area contributed by atoms with Crippen LogP contribution in [0.2, 0.25) is 5.02 Å². The van der Waals surface area contributed by atoms with E-state index >= 15 is 0 Å². The average molecular weight is 376 g/mol. The van der Waals surface area contributed by atoms with E-state index in [1.165, 1.54) is 18.2 Å². The molecule has 1 fully saturated rings. The van der Waals surface area contributed by atoms with E-state index in [0.29, 0.717) is 26.2 Å². The first-order valence-corrected chi connectivity index (χ1v) is 8.49. The number of methoxy groups -OCH3 is 1. The summed E-state index contributed by atoms with van der Waals surface area (Å²) < 4.78 is 5.16. The number of non-ortho nitro benzene ring substituents is 1. The smallest absolute Gasteiger partial charge is 0.270 e. The van der Waals surface area contributed by atoms with Gasteiger partial charge in [0.05, 0.1) is 22.6 Å². The number of anilines is 1. The number of carbonyl (C=O) groups is 1. The molecule has 3 rings (SSSR count). The molecule has 1 amide bonds. The van der Waals surface area contributed by atoms with Crippen LogP contribution in [-0.2, 0) is 0 Å². The zero-order valence-corrected chi connectivity index (χ0v) is 15.0. The Bertz CT molecular complexity index is 818. The summed E-state index contributed by atoms with van der Waals surface area (Å²) in [5, 5.41) is 10.9. The van der Waals surface area contributed by atoms with E-state index in [4.69, 9.17) is 16.3 Å². The molecule has 0 N–H and O–H groups in total. The number of rotatable bonds is 4. The van der Waals surface area contributed by atoms with Crippen molar-refractivity contribution in [2.24, 2.45) is 0 Å². The number of carbonyl (C=O) groups excluding carboxylic acids is 1. The number of nitro benzene ring substituents is 1. The molecule has 1 aliphatic heterocycles. The van der Waals surface area contributed by atoms with Gasteiger partial charge >= 0.3 is 0 Å². The van der Waals surface area contributed by atoms with E-state index in [1.54, 1.807) is 12.0 Å². The van der Waals surface area contributed by atoms with Crippen molar-refractivity contribution in [2.75, 3.05) is 38.2 Å². The lowest BCUT2D eigenvalue weighted by atomic mass is 10.1. The third kappa shape index (κ3) is 3.72. The topological polar surface area (TPSA) is 75.9 Å². The Morgan fingerprint density at radius 1 is 1.12 bits per heavy atom. The van der Waals surface area contributed by atoms with Crippen LogP contribution in [0.15, 0.2) is 42.5 Å². The van der Waals surface area contributed by atoms with Gasteiger partial charge in [0, 0.05) is 44.0 Å². The van der Waals surface area contributed by atoms with Crippen LogP contribution in [0.5, 0.6) is 5.75 Å². The van der Waals surface area contributed by atoms with E-state index in [0.717, 1.165) is 11.4 Å². The van der Waals surface area contributed by atoms with Gasteiger partial charge in [0.1, 0.15) is 5.75 Å². The number of piperazine rings is 1. The molecule has 0 atom stereocenters. The highest BCUT2D eigenvalue weighted by atomic mass is 35.5. The molecule has 0 unspecified atom stereocenters. The van der Waals surface area contributed by atoms with Crippen molar-refractivity contribution >= 4 is 28.9 Å². The maximum Gasteiger partial charge on any atom is 0.270 e. The lowest BCUT2D eigenvalue weighted by Gasteiger charge is -2.36. The molecule has 8 heteroatoms. The van der Waals surface area contributed by atoms with Gasteiger partial charge in [-0.05, 0) is 30.3 Å². The van der Waals surface area contributed by atoms with E-state index in [9.17, 15) is 14.9 Å². The molecule has 1 aliphatic rings. The number of amides is 1. The van der Waals surface area contributed by atoms with E-state index in [-0.39, 0.29) is 22.2 Å². The fraction of sp³-hybridized carbons (Fsp3) is 0.278. The van der Waals surface area contributed by atoms with Crippen molar-refractivity contribution in [3.05, 3.63) is 63.2 Å². The predicted octanol–water partition coefficient (Wildman–Crippen LogP) is 3.22. The highest BCUT2D eigenvalue weighted by Gasteiger charge is 2.24. The molecule has 2 aromatic rings. The lowest BCUT2D eigenvalue weighted by molar-refractivity contribution is -0.384. The molecule has 0 aliphatic carbocycles. The Morgan fingerprint density at radius 2 is 1.77 bits per heavy atom. The maximum absolute atomic E-state index is 12.7. The molecule has 7 nitrogen and oxygen atoms in total. The Morgan fingerprint density at radius 3 is 2.31 bits per heavy atom. The Hall–Kier alpha value is -2.80. The first-order valence-electron chi connectivity index (χ1n) is 8.12. The Labute approximate surface area is 155 Å². The van der Waals surface area contributed by atoms with Crippen LogP contribution in [0.4, 0.5) is 11.4 Å². The third-order valence-corrected chi connectivity index (χ3v) is 4.71. The van der Waals surface area contributed by atoms with Gasteiger partial charge in [0.15, 0.2) is 0 Å². The van der Waals surface area contributed by atoms with Crippen LogP contribution in [0.25, 0.3) is 0 Å². The largest absolute Gasteiger partial charge is 0.497 e.